The smallest absolute Gasteiger partial charge is 0.280 e. The van der Waals surface area contributed by atoms with Gasteiger partial charge in [-0.2, -0.15) is 4.98 Å². The Kier molecular flexibility index (Phi) is 4.71. The molecule has 1 aliphatic carbocycles. The Labute approximate surface area is 171 Å². The van der Waals surface area contributed by atoms with Crippen molar-refractivity contribution < 1.29 is 4.43 Å². The Morgan fingerprint density at radius 1 is 1.36 bits per heavy atom. The molecular weight excluding hydrogens is 390 g/mol. The van der Waals surface area contributed by atoms with Crippen molar-refractivity contribution in [3.05, 3.63) is 16.7 Å². The molecule has 28 heavy (non-hydrogen) atoms. The van der Waals surface area contributed by atoms with Crippen LogP contribution in [0.5, 0.6) is 0 Å². The normalized spacial score (nSPS) is 28.6. The molecule has 3 heterocycles. The molecule has 2 aromatic rings. The van der Waals surface area contributed by atoms with Crippen molar-refractivity contribution in [3.8, 4) is 0 Å². The fourth-order valence-corrected chi connectivity index (χ4v) is 7.59. The van der Waals surface area contributed by atoms with E-state index in [1.54, 1.807) is 6.33 Å². The largest absolute Gasteiger partial charge is 0.413 e. The molecule has 0 unspecified atom stereocenters. The van der Waals surface area contributed by atoms with E-state index in [1.807, 2.05) is 16.3 Å². The zero-order valence-electron chi connectivity index (χ0n) is 17.4. The molecule has 1 spiro atoms. The fourth-order valence-electron chi connectivity index (χ4n) is 4.24. The predicted octanol–water partition coefficient (Wildman–Crippen LogP) is 4.04. The van der Waals surface area contributed by atoms with Gasteiger partial charge in [0.1, 0.15) is 0 Å². The Bertz CT molecular complexity index is 950. The number of H-pyrrole nitrogens is 1. The van der Waals surface area contributed by atoms with Crippen molar-refractivity contribution >= 4 is 37.2 Å². The van der Waals surface area contributed by atoms with Gasteiger partial charge in [-0.25, -0.2) is 4.98 Å². The van der Waals surface area contributed by atoms with Crippen LogP contribution in [0.4, 0.5) is 5.95 Å². The summed E-state index contributed by atoms with van der Waals surface area (Å²) in [5, 5.41) is 0.421. The van der Waals surface area contributed by atoms with Crippen molar-refractivity contribution in [1.29, 1.82) is 0 Å². The summed E-state index contributed by atoms with van der Waals surface area (Å²) in [4.78, 5) is 23.3. The zero-order valence-corrected chi connectivity index (χ0v) is 19.2. The highest BCUT2D eigenvalue weighted by Gasteiger charge is 2.53. The fraction of sp³-hybridized carbons (Fsp3) is 0.737. The second kappa shape index (κ2) is 6.60. The van der Waals surface area contributed by atoms with E-state index in [0.29, 0.717) is 17.3 Å². The molecule has 0 radical (unpaired) electrons. The van der Waals surface area contributed by atoms with E-state index in [9.17, 15) is 4.79 Å². The summed E-state index contributed by atoms with van der Waals surface area (Å²) < 4.78 is 9.08. The molecule has 2 aliphatic rings. The number of nitrogens with zero attached hydrogens (tertiary/aromatic N) is 3. The average molecular weight is 422 g/mol. The molecule has 9 heteroatoms. The molecule has 2 aromatic heterocycles. The predicted molar refractivity (Wildman–Crippen MR) is 117 cm³/mol. The van der Waals surface area contributed by atoms with E-state index in [-0.39, 0.29) is 26.7 Å². The van der Waals surface area contributed by atoms with Gasteiger partial charge in [0.15, 0.2) is 19.5 Å². The van der Waals surface area contributed by atoms with Crippen LogP contribution in [-0.4, -0.2) is 38.7 Å². The first-order valence-corrected chi connectivity index (χ1v) is 13.9. The van der Waals surface area contributed by atoms with Crippen molar-refractivity contribution in [2.75, 3.05) is 5.73 Å². The molecular formula is C19H31N5O2SSi. The summed E-state index contributed by atoms with van der Waals surface area (Å²) in [5.41, 5.74) is 6.43. The van der Waals surface area contributed by atoms with Crippen LogP contribution in [0.1, 0.15) is 58.2 Å². The highest BCUT2D eigenvalue weighted by atomic mass is 32.2. The maximum atomic E-state index is 12.1. The third-order valence-electron chi connectivity index (χ3n) is 6.84. The highest BCUT2D eigenvalue weighted by molar-refractivity contribution is 8.01. The minimum absolute atomic E-state index is 0.136. The summed E-state index contributed by atoms with van der Waals surface area (Å²) in [6.45, 7) is 11.6. The molecule has 1 saturated heterocycles. The lowest BCUT2D eigenvalue weighted by atomic mass is 9.99. The van der Waals surface area contributed by atoms with Gasteiger partial charge in [-0.15, -0.1) is 11.8 Å². The van der Waals surface area contributed by atoms with Crippen LogP contribution in [0.2, 0.25) is 18.1 Å². The number of nitrogens with two attached hydrogens (primary N) is 1. The van der Waals surface area contributed by atoms with Crippen LogP contribution >= 0.6 is 11.8 Å². The van der Waals surface area contributed by atoms with Gasteiger partial charge in [-0.1, -0.05) is 20.8 Å². The SMILES string of the molecule is CC(C)(C)[Si](C)(C)O[C@@H]1CCC[C@@]12CC[C@@H](n1cnc3c(=O)[nH]c(N)nc31)S2. The number of imidazole rings is 1. The van der Waals surface area contributed by atoms with Gasteiger partial charge in [0.05, 0.1) is 17.8 Å². The third-order valence-corrected chi connectivity index (χ3v) is 13.2. The van der Waals surface area contributed by atoms with Gasteiger partial charge in [-0.05, 0) is 50.2 Å². The van der Waals surface area contributed by atoms with Gasteiger partial charge >= 0.3 is 0 Å². The summed E-state index contributed by atoms with van der Waals surface area (Å²) in [6.07, 6.45) is 7.75. The van der Waals surface area contributed by atoms with Crippen molar-refractivity contribution in [1.82, 2.24) is 19.5 Å². The van der Waals surface area contributed by atoms with Crippen LogP contribution in [0, 0.1) is 0 Å². The minimum atomic E-state index is -1.82. The molecule has 1 aliphatic heterocycles. The number of anilines is 1. The molecule has 4 rings (SSSR count). The second-order valence-corrected chi connectivity index (χ2v) is 16.1. The summed E-state index contributed by atoms with van der Waals surface area (Å²) in [6, 6.07) is 0. The lowest BCUT2D eigenvalue weighted by Gasteiger charge is -2.42. The zero-order chi connectivity index (χ0) is 20.3. The number of hydrogen-bond donors (Lipinski definition) is 2. The summed E-state index contributed by atoms with van der Waals surface area (Å²) in [7, 11) is -1.82. The molecule has 2 fully saturated rings. The minimum Gasteiger partial charge on any atom is -0.413 e. The maximum Gasteiger partial charge on any atom is 0.280 e. The topological polar surface area (TPSA) is 98.8 Å². The van der Waals surface area contributed by atoms with Crippen LogP contribution in [0.25, 0.3) is 11.2 Å². The van der Waals surface area contributed by atoms with Crippen LogP contribution in [-0.2, 0) is 4.43 Å². The molecule has 0 bridgehead atoms. The summed E-state index contributed by atoms with van der Waals surface area (Å²) >= 11 is 1.99. The number of fused-ring (bicyclic) bond motifs is 1. The first-order valence-electron chi connectivity index (χ1n) is 10.1. The highest BCUT2D eigenvalue weighted by Crippen LogP contribution is 2.59. The van der Waals surface area contributed by atoms with Gasteiger partial charge < -0.3 is 14.7 Å². The van der Waals surface area contributed by atoms with E-state index in [1.165, 1.54) is 12.8 Å². The van der Waals surface area contributed by atoms with E-state index in [2.05, 4.69) is 48.8 Å². The standard InChI is InChI=1S/C19H31N5O2SSi/c1-18(2,3)28(4,5)26-12-7-6-9-19(12)10-8-13(27-19)24-11-21-14-15(24)22-17(20)23-16(14)25/h11-13H,6-10H2,1-5H3,(H3,20,22,23,25)/t12-,13+,19-/m1/s1. The van der Waals surface area contributed by atoms with E-state index in [0.717, 1.165) is 19.3 Å². The molecule has 154 valence electrons. The van der Waals surface area contributed by atoms with Crippen molar-refractivity contribution in [2.45, 2.75) is 87.2 Å². The third kappa shape index (κ3) is 3.21. The quantitative estimate of drug-likeness (QED) is 0.726. The van der Waals surface area contributed by atoms with Gasteiger partial charge in [0.25, 0.3) is 5.56 Å². The number of aromatic amines is 1. The first kappa shape index (κ1) is 20.0. The number of thioether (sulfide) groups is 1. The lowest BCUT2D eigenvalue weighted by molar-refractivity contribution is 0.155. The average Bonchev–Trinajstić information content (AvgIpc) is 3.26. The number of aromatic nitrogens is 4. The van der Waals surface area contributed by atoms with Crippen LogP contribution in [0.3, 0.4) is 0 Å². The van der Waals surface area contributed by atoms with E-state index < -0.39 is 8.32 Å². The van der Waals surface area contributed by atoms with Crippen LogP contribution < -0.4 is 11.3 Å². The van der Waals surface area contributed by atoms with Gasteiger partial charge in [0.2, 0.25) is 5.95 Å². The van der Waals surface area contributed by atoms with Crippen molar-refractivity contribution in [2.24, 2.45) is 0 Å². The van der Waals surface area contributed by atoms with Gasteiger partial charge in [0, 0.05) is 4.75 Å². The van der Waals surface area contributed by atoms with Gasteiger partial charge in [-0.3, -0.25) is 9.78 Å². The Morgan fingerprint density at radius 3 is 2.82 bits per heavy atom. The number of nitrogen functional groups attached to an aromatic ring is 1. The summed E-state index contributed by atoms with van der Waals surface area (Å²) in [5.74, 6) is 0.136. The molecule has 1 saturated carbocycles. The Hall–Kier alpha value is -1.32. The monoisotopic (exact) mass is 421 g/mol. The Morgan fingerprint density at radius 2 is 2.11 bits per heavy atom. The number of nitrogens with one attached hydrogen (secondary N) is 1. The van der Waals surface area contributed by atoms with Crippen molar-refractivity contribution in [3.63, 3.8) is 0 Å². The molecule has 7 nitrogen and oxygen atoms in total. The molecule has 3 atom stereocenters. The molecule has 0 amide bonds. The molecule has 3 N–H and O–H groups in total. The molecule has 0 aromatic carbocycles. The first-order chi connectivity index (χ1) is 13.0. The number of rotatable bonds is 3. The second-order valence-electron chi connectivity index (χ2n) is 9.71. The van der Waals surface area contributed by atoms with Crippen LogP contribution in [0.15, 0.2) is 11.1 Å². The van der Waals surface area contributed by atoms with E-state index in [4.69, 9.17) is 10.2 Å². The number of hydrogen-bond acceptors (Lipinski definition) is 6. The Balaban J connectivity index is 1.60. The van der Waals surface area contributed by atoms with E-state index >= 15 is 0 Å². The lowest BCUT2D eigenvalue weighted by Crippen LogP contribution is -2.48. The maximum absolute atomic E-state index is 12.1.